The van der Waals surface area contributed by atoms with Crippen LogP contribution in [-0.4, -0.2) is 31.3 Å². The van der Waals surface area contributed by atoms with Crippen LogP contribution in [0.5, 0.6) is 0 Å². The van der Waals surface area contributed by atoms with E-state index in [0.29, 0.717) is 23.6 Å². The van der Waals surface area contributed by atoms with Gasteiger partial charge in [0.05, 0.1) is 0 Å². The first-order chi connectivity index (χ1) is 8.88. The standard InChI is InChI=1S/C14H24N2O3/c1-10-11(12(16-19-10)14(2,3)4)13(17)15-8-6-7-9-18-5/h6-9H2,1-5H3,(H,15,17). The third kappa shape index (κ3) is 4.35. The van der Waals surface area contributed by atoms with E-state index in [1.165, 1.54) is 0 Å². The number of methoxy groups -OCH3 is 1. The SMILES string of the molecule is COCCCCNC(=O)c1c(C(C)(C)C)noc1C. The molecular formula is C14H24N2O3. The molecular weight excluding hydrogens is 244 g/mol. The Bertz CT molecular complexity index is 419. The summed E-state index contributed by atoms with van der Waals surface area (Å²) in [7, 11) is 1.68. The Morgan fingerprint density at radius 2 is 2.05 bits per heavy atom. The van der Waals surface area contributed by atoms with E-state index >= 15 is 0 Å². The summed E-state index contributed by atoms with van der Waals surface area (Å²) in [5, 5.41) is 6.91. The molecule has 108 valence electrons. The van der Waals surface area contributed by atoms with Gasteiger partial charge in [0.1, 0.15) is 17.0 Å². The molecule has 1 rings (SSSR count). The van der Waals surface area contributed by atoms with Gasteiger partial charge in [-0.05, 0) is 19.8 Å². The Kier molecular flexibility index (Phi) is 5.54. The lowest BCUT2D eigenvalue weighted by molar-refractivity contribution is 0.0948. The molecule has 0 aromatic carbocycles. The van der Waals surface area contributed by atoms with Crippen LogP contribution < -0.4 is 5.32 Å². The topological polar surface area (TPSA) is 64.4 Å². The summed E-state index contributed by atoms with van der Waals surface area (Å²) in [5.41, 5.74) is 1.07. The maximum Gasteiger partial charge on any atom is 0.256 e. The van der Waals surface area contributed by atoms with E-state index in [-0.39, 0.29) is 11.3 Å². The van der Waals surface area contributed by atoms with E-state index in [1.807, 2.05) is 20.8 Å². The number of hydrogen-bond acceptors (Lipinski definition) is 4. The molecule has 0 aliphatic carbocycles. The molecule has 0 bridgehead atoms. The molecule has 1 aromatic heterocycles. The van der Waals surface area contributed by atoms with Gasteiger partial charge in [-0.1, -0.05) is 25.9 Å². The first-order valence-electron chi connectivity index (χ1n) is 6.61. The second-order valence-corrected chi connectivity index (χ2v) is 5.67. The number of carbonyl (C=O) groups excluding carboxylic acids is 1. The fourth-order valence-corrected chi connectivity index (χ4v) is 1.81. The van der Waals surface area contributed by atoms with Gasteiger partial charge in [-0.3, -0.25) is 4.79 Å². The Labute approximate surface area is 114 Å². The molecule has 0 saturated heterocycles. The van der Waals surface area contributed by atoms with E-state index in [9.17, 15) is 4.79 Å². The second-order valence-electron chi connectivity index (χ2n) is 5.67. The van der Waals surface area contributed by atoms with Gasteiger partial charge in [0.2, 0.25) is 0 Å². The summed E-state index contributed by atoms with van der Waals surface area (Å²) in [4.78, 5) is 12.2. The zero-order valence-electron chi connectivity index (χ0n) is 12.5. The molecule has 0 aliphatic rings. The Morgan fingerprint density at radius 1 is 1.37 bits per heavy atom. The molecule has 19 heavy (non-hydrogen) atoms. The van der Waals surface area contributed by atoms with Crippen molar-refractivity contribution < 1.29 is 14.1 Å². The number of amides is 1. The minimum absolute atomic E-state index is 0.110. The molecule has 0 atom stereocenters. The van der Waals surface area contributed by atoms with E-state index in [4.69, 9.17) is 9.26 Å². The average Bonchev–Trinajstić information content (AvgIpc) is 2.70. The van der Waals surface area contributed by atoms with Gasteiger partial charge in [-0.2, -0.15) is 0 Å². The molecule has 0 unspecified atom stereocenters. The van der Waals surface area contributed by atoms with Crippen molar-refractivity contribution in [1.29, 1.82) is 0 Å². The predicted octanol–water partition coefficient (Wildman–Crippen LogP) is 2.44. The van der Waals surface area contributed by atoms with Crippen LogP contribution in [0.25, 0.3) is 0 Å². The Hall–Kier alpha value is -1.36. The number of ether oxygens (including phenoxy) is 1. The third-order valence-electron chi connectivity index (χ3n) is 2.86. The van der Waals surface area contributed by atoms with Crippen molar-refractivity contribution in [1.82, 2.24) is 10.5 Å². The summed E-state index contributed by atoms with van der Waals surface area (Å²) in [6.07, 6.45) is 1.83. The zero-order chi connectivity index (χ0) is 14.5. The van der Waals surface area contributed by atoms with Crippen LogP contribution in [0, 0.1) is 6.92 Å². The van der Waals surface area contributed by atoms with Crippen molar-refractivity contribution in [2.75, 3.05) is 20.3 Å². The number of nitrogens with one attached hydrogen (secondary N) is 1. The molecule has 0 saturated carbocycles. The molecule has 1 amide bonds. The molecule has 0 radical (unpaired) electrons. The maximum atomic E-state index is 12.2. The maximum absolute atomic E-state index is 12.2. The molecule has 0 spiro atoms. The van der Waals surface area contributed by atoms with E-state index in [1.54, 1.807) is 14.0 Å². The van der Waals surface area contributed by atoms with Crippen LogP contribution in [0.1, 0.15) is 55.4 Å². The van der Waals surface area contributed by atoms with Crippen LogP contribution in [0.2, 0.25) is 0 Å². The monoisotopic (exact) mass is 268 g/mol. The fourth-order valence-electron chi connectivity index (χ4n) is 1.81. The van der Waals surface area contributed by atoms with E-state index in [0.717, 1.165) is 19.4 Å². The summed E-state index contributed by atoms with van der Waals surface area (Å²) < 4.78 is 10.1. The molecule has 5 heteroatoms. The third-order valence-corrected chi connectivity index (χ3v) is 2.86. The van der Waals surface area contributed by atoms with Gasteiger partial charge in [0, 0.05) is 25.7 Å². The number of hydrogen-bond donors (Lipinski definition) is 1. The van der Waals surface area contributed by atoms with Crippen molar-refractivity contribution in [3.8, 4) is 0 Å². The van der Waals surface area contributed by atoms with Crippen LogP contribution >= 0.6 is 0 Å². The van der Waals surface area contributed by atoms with Crippen LogP contribution in [-0.2, 0) is 10.2 Å². The van der Waals surface area contributed by atoms with Crippen molar-refractivity contribution in [3.05, 3.63) is 17.0 Å². The second kappa shape index (κ2) is 6.70. The van der Waals surface area contributed by atoms with E-state index in [2.05, 4.69) is 10.5 Å². The lowest BCUT2D eigenvalue weighted by Crippen LogP contribution is -2.28. The summed E-state index contributed by atoms with van der Waals surface area (Å²) in [6, 6.07) is 0. The predicted molar refractivity (Wildman–Crippen MR) is 73.4 cm³/mol. The lowest BCUT2D eigenvalue weighted by Gasteiger charge is -2.16. The van der Waals surface area contributed by atoms with E-state index < -0.39 is 0 Å². The van der Waals surface area contributed by atoms with Crippen molar-refractivity contribution in [2.24, 2.45) is 0 Å². The van der Waals surface area contributed by atoms with Crippen LogP contribution in [0.4, 0.5) is 0 Å². The minimum atomic E-state index is -0.208. The van der Waals surface area contributed by atoms with Gasteiger partial charge in [0.15, 0.2) is 0 Å². The van der Waals surface area contributed by atoms with Crippen molar-refractivity contribution in [2.45, 2.75) is 46.0 Å². The molecule has 1 heterocycles. The quantitative estimate of drug-likeness (QED) is 0.805. The Morgan fingerprint density at radius 3 is 2.63 bits per heavy atom. The molecule has 5 nitrogen and oxygen atoms in total. The summed E-state index contributed by atoms with van der Waals surface area (Å²) in [6.45, 7) is 9.16. The largest absolute Gasteiger partial charge is 0.385 e. The first kappa shape index (κ1) is 15.7. The molecule has 1 N–H and O–H groups in total. The normalized spacial score (nSPS) is 11.6. The lowest BCUT2D eigenvalue weighted by atomic mass is 9.88. The highest BCUT2D eigenvalue weighted by Gasteiger charge is 2.28. The minimum Gasteiger partial charge on any atom is -0.385 e. The van der Waals surface area contributed by atoms with Gasteiger partial charge in [0.25, 0.3) is 5.91 Å². The number of aryl methyl sites for hydroxylation is 1. The number of carbonyl (C=O) groups is 1. The smallest absolute Gasteiger partial charge is 0.256 e. The zero-order valence-corrected chi connectivity index (χ0v) is 12.5. The average molecular weight is 268 g/mol. The highest BCUT2D eigenvalue weighted by atomic mass is 16.5. The Balaban J connectivity index is 2.64. The first-order valence-corrected chi connectivity index (χ1v) is 6.61. The number of aromatic nitrogens is 1. The summed E-state index contributed by atoms with van der Waals surface area (Å²) in [5.74, 6) is 0.459. The number of rotatable bonds is 6. The number of nitrogens with zero attached hydrogens (tertiary/aromatic N) is 1. The van der Waals surface area contributed by atoms with Gasteiger partial charge < -0.3 is 14.6 Å². The molecule has 0 aliphatic heterocycles. The molecule has 1 aromatic rings. The van der Waals surface area contributed by atoms with Gasteiger partial charge in [-0.15, -0.1) is 0 Å². The van der Waals surface area contributed by atoms with Crippen LogP contribution in [0.3, 0.4) is 0 Å². The van der Waals surface area contributed by atoms with Crippen LogP contribution in [0.15, 0.2) is 4.52 Å². The van der Waals surface area contributed by atoms with Crippen molar-refractivity contribution >= 4 is 5.91 Å². The summed E-state index contributed by atoms with van der Waals surface area (Å²) >= 11 is 0. The van der Waals surface area contributed by atoms with Gasteiger partial charge in [-0.25, -0.2) is 0 Å². The molecule has 0 fully saturated rings. The highest BCUT2D eigenvalue weighted by Crippen LogP contribution is 2.26. The van der Waals surface area contributed by atoms with Crippen molar-refractivity contribution in [3.63, 3.8) is 0 Å². The fraction of sp³-hybridized carbons (Fsp3) is 0.714. The highest BCUT2D eigenvalue weighted by molar-refractivity contribution is 5.96. The number of unbranched alkanes of at least 4 members (excludes halogenated alkanes) is 1. The van der Waals surface area contributed by atoms with Gasteiger partial charge >= 0.3 is 0 Å².